The number of carbonyl (C=O) groups is 2. The Labute approximate surface area is 131 Å². The summed E-state index contributed by atoms with van der Waals surface area (Å²) in [4.78, 5) is 25.6. The molecule has 5 heteroatoms. The van der Waals surface area contributed by atoms with Crippen LogP contribution in [0.5, 0.6) is 0 Å². The largest absolute Gasteiger partial charge is 0.331 e. The van der Waals surface area contributed by atoms with Crippen LogP contribution in [0.2, 0.25) is 0 Å². The van der Waals surface area contributed by atoms with E-state index in [0.717, 1.165) is 0 Å². The molecule has 0 fully saturated rings. The maximum absolute atomic E-state index is 12.3. The van der Waals surface area contributed by atoms with Crippen molar-refractivity contribution < 1.29 is 9.59 Å². The Kier molecular flexibility index (Phi) is 7.64. The van der Waals surface area contributed by atoms with Crippen molar-refractivity contribution in [3.63, 3.8) is 0 Å². The van der Waals surface area contributed by atoms with Gasteiger partial charge in [0, 0.05) is 37.3 Å². The number of hydrogen-bond donors (Lipinski definition) is 2. The van der Waals surface area contributed by atoms with Gasteiger partial charge in [-0.2, -0.15) is 0 Å². The van der Waals surface area contributed by atoms with Gasteiger partial charge in [0.25, 0.3) is 5.91 Å². The van der Waals surface area contributed by atoms with Crippen LogP contribution in [0.15, 0.2) is 49.6 Å². The van der Waals surface area contributed by atoms with Crippen molar-refractivity contribution in [2.45, 2.75) is 6.42 Å². The van der Waals surface area contributed by atoms with Crippen LogP contribution in [-0.4, -0.2) is 43.4 Å². The van der Waals surface area contributed by atoms with Gasteiger partial charge in [-0.3, -0.25) is 9.59 Å². The monoisotopic (exact) mass is 301 g/mol. The standard InChI is InChI=1S/C17H23N3O2/c1-4-12-20(13-5-2)17(22)14-6-8-15(9-7-14)19-16(21)10-11-18-3/h4-9,18H,1-2,10-13H2,3H3,(H,19,21). The number of anilines is 1. The molecule has 1 rings (SSSR count). The summed E-state index contributed by atoms with van der Waals surface area (Å²) in [6.45, 7) is 8.86. The third-order valence-corrected chi connectivity index (χ3v) is 3.00. The second-order valence-electron chi connectivity index (χ2n) is 4.77. The maximum Gasteiger partial charge on any atom is 0.254 e. The van der Waals surface area contributed by atoms with Crippen molar-refractivity contribution in [2.75, 3.05) is 32.0 Å². The van der Waals surface area contributed by atoms with Crippen molar-refractivity contribution in [3.05, 3.63) is 55.1 Å². The summed E-state index contributed by atoms with van der Waals surface area (Å²) in [5, 5.41) is 5.70. The predicted molar refractivity (Wildman–Crippen MR) is 89.9 cm³/mol. The predicted octanol–water partition coefficient (Wildman–Crippen LogP) is 2.05. The molecule has 0 aliphatic carbocycles. The first-order chi connectivity index (χ1) is 10.6. The summed E-state index contributed by atoms with van der Waals surface area (Å²) >= 11 is 0. The molecule has 0 bridgehead atoms. The lowest BCUT2D eigenvalue weighted by Crippen LogP contribution is -2.31. The number of hydrogen-bond acceptors (Lipinski definition) is 3. The fourth-order valence-electron chi connectivity index (χ4n) is 1.89. The first kappa shape index (κ1) is 17.7. The Morgan fingerprint density at radius 2 is 1.73 bits per heavy atom. The van der Waals surface area contributed by atoms with Gasteiger partial charge in [0.2, 0.25) is 5.91 Å². The summed E-state index contributed by atoms with van der Waals surface area (Å²) < 4.78 is 0. The van der Waals surface area contributed by atoms with Gasteiger partial charge in [-0.25, -0.2) is 0 Å². The minimum absolute atomic E-state index is 0.0617. The fourth-order valence-corrected chi connectivity index (χ4v) is 1.89. The SMILES string of the molecule is C=CCN(CC=C)C(=O)c1ccc(NC(=O)CCNC)cc1. The Balaban J connectivity index is 2.70. The van der Waals surface area contributed by atoms with E-state index in [9.17, 15) is 9.59 Å². The van der Waals surface area contributed by atoms with E-state index < -0.39 is 0 Å². The van der Waals surface area contributed by atoms with Crippen LogP contribution < -0.4 is 10.6 Å². The van der Waals surface area contributed by atoms with E-state index in [-0.39, 0.29) is 11.8 Å². The zero-order valence-electron chi connectivity index (χ0n) is 13.0. The Hall–Kier alpha value is -2.40. The number of benzene rings is 1. The van der Waals surface area contributed by atoms with Gasteiger partial charge < -0.3 is 15.5 Å². The third-order valence-electron chi connectivity index (χ3n) is 3.00. The van der Waals surface area contributed by atoms with Crippen molar-refractivity contribution >= 4 is 17.5 Å². The van der Waals surface area contributed by atoms with E-state index in [4.69, 9.17) is 0 Å². The molecule has 2 amide bonds. The van der Waals surface area contributed by atoms with Crippen LogP contribution in [-0.2, 0) is 4.79 Å². The number of carbonyl (C=O) groups excluding carboxylic acids is 2. The highest BCUT2D eigenvalue weighted by molar-refractivity contribution is 5.96. The van der Waals surface area contributed by atoms with Crippen LogP contribution in [0.25, 0.3) is 0 Å². The minimum Gasteiger partial charge on any atom is -0.331 e. The van der Waals surface area contributed by atoms with E-state index in [1.807, 2.05) is 0 Å². The van der Waals surface area contributed by atoms with Crippen LogP contribution in [0.1, 0.15) is 16.8 Å². The Morgan fingerprint density at radius 3 is 2.23 bits per heavy atom. The molecule has 0 saturated heterocycles. The van der Waals surface area contributed by atoms with E-state index in [1.165, 1.54) is 0 Å². The van der Waals surface area contributed by atoms with Gasteiger partial charge in [-0.1, -0.05) is 12.2 Å². The summed E-state index contributed by atoms with van der Waals surface area (Å²) in [5.74, 6) is -0.152. The smallest absolute Gasteiger partial charge is 0.254 e. The second kappa shape index (κ2) is 9.52. The third kappa shape index (κ3) is 5.54. The first-order valence-electron chi connectivity index (χ1n) is 7.18. The van der Waals surface area contributed by atoms with Gasteiger partial charge in [0.15, 0.2) is 0 Å². The van der Waals surface area contributed by atoms with Gasteiger partial charge >= 0.3 is 0 Å². The van der Waals surface area contributed by atoms with Gasteiger partial charge in [-0.15, -0.1) is 13.2 Å². The normalized spacial score (nSPS) is 9.86. The highest BCUT2D eigenvalue weighted by Crippen LogP contribution is 2.12. The van der Waals surface area contributed by atoms with Crippen LogP contribution in [0.4, 0.5) is 5.69 Å². The summed E-state index contributed by atoms with van der Waals surface area (Å²) in [7, 11) is 1.80. The topological polar surface area (TPSA) is 61.4 Å². The number of nitrogens with zero attached hydrogens (tertiary/aromatic N) is 1. The van der Waals surface area contributed by atoms with Crippen LogP contribution in [0.3, 0.4) is 0 Å². The van der Waals surface area contributed by atoms with E-state index >= 15 is 0 Å². The van der Waals surface area contributed by atoms with E-state index in [2.05, 4.69) is 23.8 Å². The molecule has 22 heavy (non-hydrogen) atoms. The van der Waals surface area contributed by atoms with Crippen molar-refractivity contribution in [1.29, 1.82) is 0 Å². The second-order valence-corrected chi connectivity index (χ2v) is 4.77. The lowest BCUT2D eigenvalue weighted by atomic mass is 10.1. The Morgan fingerprint density at radius 1 is 1.14 bits per heavy atom. The quantitative estimate of drug-likeness (QED) is 0.686. The molecule has 0 saturated carbocycles. The van der Waals surface area contributed by atoms with Crippen molar-refractivity contribution in [1.82, 2.24) is 10.2 Å². The van der Waals surface area contributed by atoms with Gasteiger partial charge in [-0.05, 0) is 31.3 Å². The molecule has 1 aromatic rings. The number of amides is 2. The molecular weight excluding hydrogens is 278 g/mol. The molecule has 0 aliphatic rings. The summed E-state index contributed by atoms with van der Waals surface area (Å²) in [6, 6.07) is 6.86. The highest BCUT2D eigenvalue weighted by Gasteiger charge is 2.13. The highest BCUT2D eigenvalue weighted by atomic mass is 16.2. The number of rotatable bonds is 9. The average molecular weight is 301 g/mol. The van der Waals surface area contributed by atoms with Gasteiger partial charge in [0.1, 0.15) is 0 Å². The van der Waals surface area contributed by atoms with Crippen molar-refractivity contribution in [3.8, 4) is 0 Å². The van der Waals surface area contributed by atoms with Crippen LogP contribution in [0, 0.1) is 0 Å². The molecule has 0 atom stereocenters. The summed E-state index contributed by atoms with van der Waals surface area (Å²) in [6.07, 6.45) is 3.76. The molecule has 0 heterocycles. The van der Waals surface area contributed by atoms with Crippen molar-refractivity contribution in [2.24, 2.45) is 0 Å². The van der Waals surface area contributed by atoms with E-state index in [1.54, 1.807) is 48.4 Å². The molecule has 0 radical (unpaired) electrons. The molecular formula is C17H23N3O2. The fraction of sp³-hybridized carbons (Fsp3) is 0.294. The molecule has 0 spiro atoms. The maximum atomic E-state index is 12.3. The Bertz CT molecular complexity index is 513. The van der Waals surface area contributed by atoms with Crippen LogP contribution >= 0.6 is 0 Å². The van der Waals surface area contributed by atoms with E-state index in [0.29, 0.717) is 37.3 Å². The summed E-state index contributed by atoms with van der Waals surface area (Å²) in [5.41, 5.74) is 1.24. The molecule has 1 aromatic carbocycles. The molecule has 0 aliphatic heterocycles. The molecule has 5 nitrogen and oxygen atoms in total. The molecule has 0 unspecified atom stereocenters. The minimum atomic E-state index is -0.0899. The average Bonchev–Trinajstić information content (AvgIpc) is 2.53. The molecule has 118 valence electrons. The first-order valence-corrected chi connectivity index (χ1v) is 7.18. The zero-order valence-corrected chi connectivity index (χ0v) is 13.0. The van der Waals surface area contributed by atoms with Gasteiger partial charge in [0.05, 0.1) is 0 Å². The molecule has 0 aromatic heterocycles. The number of nitrogens with one attached hydrogen (secondary N) is 2. The lowest BCUT2D eigenvalue weighted by Gasteiger charge is -2.19. The zero-order chi connectivity index (χ0) is 16.4. The molecule has 2 N–H and O–H groups in total. The lowest BCUT2D eigenvalue weighted by molar-refractivity contribution is -0.116.